The molecule has 1 unspecified atom stereocenters. The highest BCUT2D eigenvalue weighted by atomic mass is 16.4. The molecule has 98 valence electrons. The first-order valence-corrected chi connectivity index (χ1v) is 6.28. The number of oxazole rings is 1. The van der Waals surface area contributed by atoms with E-state index in [0.717, 1.165) is 5.56 Å². The minimum absolute atomic E-state index is 0.0218. The van der Waals surface area contributed by atoms with Crippen molar-refractivity contribution in [3.8, 4) is 11.3 Å². The molecular weight excluding hydrogens is 244 g/mol. The van der Waals surface area contributed by atoms with Crippen LogP contribution in [0, 0.1) is 0 Å². The van der Waals surface area contributed by atoms with E-state index in [1.54, 1.807) is 10.8 Å². The minimum Gasteiger partial charge on any atom is -0.408 e. The second kappa shape index (κ2) is 4.76. The second-order valence-electron chi connectivity index (χ2n) is 4.63. The van der Waals surface area contributed by atoms with Crippen LogP contribution in [0.15, 0.2) is 45.7 Å². The van der Waals surface area contributed by atoms with Crippen molar-refractivity contribution >= 4 is 5.91 Å². The smallest absolute Gasteiger partial charge is 0.408 e. The van der Waals surface area contributed by atoms with Crippen molar-refractivity contribution in [3.63, 3.8) is 0 Å². The van der Waals surface area contributed by atoms with Gasteiger partial charge in [0, 0.05) is 18.5 Å². The summed E-state index contributed by atoms with van der Waals surface area (Å²) in [5, 5.41) is 2.77. The third kappa shape index (κ3) is 2.31. The Bertz CT molecular complexity index is 632. The molecule has 1 N–H and O–H groups in total. The molecule has 1 amide bonds. The quantitative estimate of drug-likeness (QED) is 0.889. The van der Waals surface area contributed by atoms with Gasteiger partial charge in [-0.1, -0.05) is 30.3 Å². The van der Waals surface area contributed by atoms with E-state index in [9.17, 15) is 9.59 Å². The maximum Gasteiger partial charge on any atom is 0.419 e. The molecule has 1 fully saturated rings. The molecule has 0 spiro atoms. The van der Waals surface area contributed by atoms with Gasteiger partial charge in [-0.3, -0.25) is 9.36 Å². The van der Waals surface area contributed by atoms with Gasteiger partial charge in [-0.2, -0.15) is 0 Å². The largest absolute Gasteiger partial charge is 0.419 e. The van der Waals surface area contributed by atoms with Crippen molar-refractivity contribution < 1.29 is 9.21 Å². The Kier molecular flexibility index (Phi) is 2.95. The fraction of sp³-hybridized carbons (Fsp3) is 0.286. The van der Waals surface area contributed by atoms with Gasteiger partial charge >= 0.3 is 5.76 Å². The average Bonchev–Trinajstić information content (AvgIpc) is 2.83. The van der Waals surface area contributed by atoms with E-state index < -0.39 is 0 Å². The van der Waals surface area contributed by atoms with Crippen molar-refractivity contribution in [2.24, 2.45) is 0 Å². The number of carbonyl (C=O) groups is 1. The van der Waals surface area contributed by atoms with Gasteiger partial charge in [-0.25, -0.2) is 4.79 Å². The summed E-state index contributed by atoms with van der Waals surface area (Å²) in [5.41, 5.74) is 0.873. The predicted octanol–water partition coefficient (Wildman–Crippen LogP) is 1.56. The van der Waals surface area contributed by atoms with Crippen LogP contribution in [0.25, 0.3) is 11.3 Å². The van der Waals surface area contributed by atoms with Crippen LogP contribution in [0.4, 0.5) is 0 Å². The zero-order chi connectivity index (χ0) is 13.2. The lowest BCUT2D eigenvalue weighted by atomic mass is 10.1. The number of carbonyl (C=O) groups excluding carboxylic acids is 1. The van der Waals surface area contributed by atoms with E-state index in [4.69, 9.17) is 4.42 Å². The van der Waals surface area contributed by atoms with Crippen molar-refractivity contribution in [2.45, 2.75) is 18.9 Å². The number of nitrogens with one attached hydrogen (secondary N) is 1. The van der Waals surface area contributed by atoms with Crippen LogP contribution in [-0.4, -0.2) is 17.0 Å². The fourth-order valence-corrected chi connectivity index (χ4v) is 2.30. The van der Waals surface area contributed by atoms with Crippen molar-refractivity contribution in [2.75, 3.05) is 6.54 Å². The third-order valence-electron chi connectivity index (χ3n) is 3.36. The van der Waals surface area contributed by atoms with E-state index in [1.165, 1.54) is 0 Å². The summed E-state index contributed by atoms with van der Waals surface area (Å²) in [6.45, 7) is 0.479. The Morgan fingerprint density at radius 3 is 2.68 bits per heavy atom. The molecule has 2 heterocycles. The topological polar surface area (TPSA) is 64.2 Å². The molecule has 1 aliphatic heterocycles. The van der Waals surface area contributed by atoms with Crippen molar-refractivity contribution in [1.82, 2.24) is 9.88 Å². The van der Waals surface area contributed by atoms with Gasteiger partial charge in [0.15, 0.2) is 5.76 Å². The Hall–Kier alpha value is -2.30. The van der Waals surface area contributed by atoms with E-state index in [-0.39, 0.29) is 17.7 Å². The Labute approximate surface area is 109 Å². The zero-order valence-electron chi connectivity index (χ0n) is 10.3. The first-order chi connectivity index (χ1) is 9.24. The molecule has 1 aliphatic rings. The van der Waals surface area contributed by atoms with Gasteiger partial charge in [0.05, 0.1) is 12.2 Å². The summed E-state index contributed by atoms with van der Waals surface area (Å²) in [5.74, 6) is 0.221. The first-order valence-electron chi connectivity index (χ1n) is 6.28. The van der Waals surface area contributed by atoms with Crippen molar-refractivity contribution in [1.29, 1.82) is 0 Å². The molecule has 5 heteroatoms. The van der Waals surface area contributed by atoms with Gasteiger partial charge in [0.25, 0.3) is 0 Å². The number of benzene rings is 1. The third-order valence-corrected chi connectivity index (χ3v) is 3.36. The number of hydrogen-bond acceptors (Lipinski definition) is 3. The molecule has 1 saturated heterocycles. The highest BCUT2D eigenvalue weighted by Gasteiger charge is 2.22. The lowest BCUT2D eigenvalue weighted by Gasteiger charge is -2.22. The molecule has 0 radical (unpaired) electrons. The molecule has 0 bridgehead atoms. The highest BCUT2D eigenvalue weighted by molar-refractivity contribution is 5.76. The maximum absolute atomic E-state index is 11.9. The van der Waals surface area contributed by atoms with E-state index in [1.807, 2.05) is 30.3 Å². The van der Waals surface area contributed by atoms with E-state index >= 15 is 0 Å². The Balaban J connectivity index is 1.90. The minimum atomic E-state index is -0.375. The number of aromatic nitrogens is 1. The lowest BCUT2D eigenvalue weighted by molar-refractivity contribution is -0.122. The van der Waals surface area contributed by atoms with Gasteiger partial charge < -0.3 is 9.73 Å². The van der Waals surface area contributed by atoms with Gasteiger partial charge in [0.1, 0.15) is 0 Å². The van der Waals surface area contributed by atoms with Gasteiger partial charge in [0.2, 0.25) is 5.91 Å². The second-order valence-corrected chi connectivity index (χ2v) is 4.63. The summed E-state index contributed by atoms with van der Waals surface area (Å²) in [4.78, 5) is 23.0. The Morgan fingerprint density at radius 2 is 2.00 bits per heavy atom. The molecule has 1 aromatic carbocycles. The first kappa shape index (κ1) is 11.8. The molecule has 1 atom stereocenters. The van der Waals surface area contributed by atoms with Crippen LogP contribution in [0.3, 0.4) is 0 Å². The monoisotopic (exact) mass is 258 g/mol. The standard InChI is InChI=1S/C14H14N2O3/c17-13-7-6-11(8-15-13)16-9-12(19-14(16)18)10-4-2-1-3-5-10/h1-5,9,11H,6-8H2,(H,15,17). The lowest BCUT2D eigenvalue weighted by Crippen LogP contribution is -2.38. The fourth-order valence-electron chi connectivity index (χ4n) is 2.30. The SMILES string of the molecule is O=C1CCC(n2cc(-c3ccccc3)oc2=O)CN1. The average molecular weight is 258 g/mol. The molecule has 1 aromatic heterocycles. The van der Waals surface area contributed by atoms with Crippen LogP contribution < -0.4 is 11.1 Å². The summed E-state index contributed by atoms with van der Waals surface area (Å²) in [6.07, 6.45) is 2.84. The molecule has 19 heavy (non-hydrogen) atoms. The maximum atomic E-state index is 11.9. The Morgan fingerprint density at radius 1 is 1.21 bits per heavy atom. The molecule has 0 aliphatic carbocycles. The summed E-state index contributed by atoms with van der Waals surface area (Å²) < 4.78 is 6.85. The summed E-state index contributed by atoms with van der Waals surface area (Å²) in [6, 6.07) is 9.47. The van der Waals surface area contributed by atoms with E-state index in [2.05, 4.69) is 5.32 Å². The molecule has 5 nitrogen and oxygen atoms in total. The zero-order valence-corrected chi connectivity index (χ0v) is 10.3. The number of piperidine rings is 1. The molecular formula is C14H14N2O3. The van der Waals surface area contributed by atoms with Crippen LogP contribution in [0.5, 0.6) is 0 Å². The van der Waals surface area contributed by atoms with Crippen molar-refractivity contribution in [3.05, 3.63) is 47.1 Å². The number of hydrogen-bond donors (Lipinski definition) is 1. The molecule has 3 rings (SSSR count). The predicted molar refractivity (Wildman–Crippen MR) is 69.7 cm³/mol. The van der Waals surface area contributed by atoms with Crippen LogP contribution >= 0.6 is 0 Å². The summed E-state index contributed by atoms with van der Waals surface area (Å²) in [7, 11) is 0. The normalized spacial score (nSPS) is 19.2. The van der Waals surface area contributed by atoms with Crippen LogP contribution in [-0.2, 0) is 4.79 Å². The van der Waals surface area contributed by atoms with Gasteiger partial charge in [-0.15, -0.1) is 0 Å². The van der Waals surface area contributed by atoms with Gasteiger partial charge in [-0.05, 0) is 6.42 Å². The van der Waals surface area contributed by atoms with Crippen LogP contribution in [0.1, 0.15) is 18.9 Å². The molecule has 2 aromatic rings. The number of nitrogens with zero attached hydrogens (tertiary/aromatic N) is 1. The van der Waals surface area contributed by atoms with E-state index in [0.29, 0.717) is 25.1 Å². The highest BCUT2D eigenvalue weighted by Crippen LogP contribution is 2.21. The molecule has 0 saturated carbocycles. The summed E-state index contributed by atoms with van der Waals surface area (Å²) >= 11 is 0. The van der Waals surface area contributed by atoms with Crippen LogP contribution in [0.2, 0.25) is 0 Å². The number of amides is 1. The number of rotatable bonds is 2.